The summed E-state index contributed by atoms with van der Waals surface area (Å²) in [6.45, 7) is 1.69. The van der Waals surface area contributed by atoms with Crippen molar-refractivity contribution in [2.45, 2.75) is 19.4 Å². The van der Waals surface area contributed by atoms with Crippen molar-refractivity contribution in [2.24, 2.45) is 0 Å². The predicted octanol–water partition coefficient (Wildman–Crippen LogP) is 2.70. The molecule has 2 heterocycles. The van der Waals surface area contributed by atoms with Crippen molar-refractivity contribution in [1.82, 2.24) is 5.32 Å². The first-order valence-corrected chi connectivity index (χ1v) is 7.84. The maximum Gasteiger partial charge on any atom is 0.251 e. The van der Waals surface area contributed by atoms with Crippen LogP contribution in [0, 0.1) is 0 Å². The van der Waals surface area contributed by atoms with E-state index in [9.17, 15) is 4.79 Å². The normalized spacial score (nSPS) is 14.8. The Balaban J connectivity index is 1.48. The quantitative estimate of drug-likeness (QED) is 0.915. The van der Waals surface area contributed by atoms with Crippen molar-refractivity contribution in [3.8, 4) is 11.5 Å². The second kappa shape index (κ2) is 5.83. The number of carbonyl (C=O) groups excluding carboxylic acids is 1. The lowest BCUT2D eigenvalue weighted by molar-refractivity contribution is 0.0950. The molecule has 2 aromatic rings. The summed E-state index contributed by atoms with van der Waals surface area (Å²) >= 11 is 0. The first-order chi connectivity index (χ1) is 11.3. The Morgan fingerprint density at radius 2 is 2.09 bits per heavy atom. The number of carbonyl (C=O) groups is 1. The topological polar surface area (TPSA) is 59.6 Å². The van der Waals surface area contributed by atoms with Gasteiger partial charge in [0.2, 0.25) is 6.79 Å². The van der Waals surface area contributed by atoms with Gasteiger partial charge in [0.15, 0.2) is 11.5 Å². The largest absolute Gasteiger partial charge is 0.454 e. The van der Waals surface area contributed by atoms with Gasteiger partial charge in [-0.15, -0.1) is 0 Å². The molecule has 23 heavy (non-hydrogen) atoms. The molecule has 0 saturated heterocycles. The summed E-state index contributed by atoms with van der Waals surface area (Å²) in [6.07, 6.45) is 2.00. The number of nitrogens with one attached hydrogen (secondary N) is 2. The zero-order valence-electron chi connectivity index (χ0n) is 12.7. The second-order valence-corrected chi connectivity index (χ2v) is 5.73. The van der Waals surface area contributed by atoms with Gasteiger partial charge in [-0.2, -0.15) is 0 Å². The van der Waals surface area contributed by atoms with E-state index in [1.807, 2.05) is 36.4 Å². The number of ether oxygens (including phenoxy) is 2. The SMILES string of the molecule is O=C(NCc1ccc2c(c1)OCO2)c1cccc2c1CCCN2. The van der Waals surface area contributed by atoms with Crippen LogP contribution in [0.4, 0.5) is 5.69 Å². The number of hydrogen-bond donors (Lipinski definition) is 2. The minimum Gasteiger partial charge on any atom is -0.454 e. The molecular formula is C18H18N2O3. The third kappa shape index (κ3) is 2.70. The van der Waals surface area contributed by atoms with Crippen LogP contribution in [0.15, 0.2) is 36.4 Å². The monoisotopic (exact) mass is 310 g/mol. The molecule has 2 N–H and O–H groups in total. The molecule has 5 heteroatoms. The van der Waals surface area contributed by atoms with E-state index in [0.717, 1.165) is 53.3 Å². The number of hydrogen-bond acceptors (Lipinski definition) is 4. The highest BCUT2D eigenvalue weighted by Gasteiger charge is 2.18. The van der Waals surface area contributed by atoms with Crippen LogP contribution in [-0.2, 0) is 13.0 Å². The van der Waals surface area contributed by atoms with Gasteiger partial charge in [-0.25, -0.2) is 0 Å². The highest BCUT2D eigenvalue weighted by atomic mass is 16.7. The highest BCUT2D eigenvalue weighted by molar-refractivity contribution is 5.97. The molecule has 0 radical (unpaired) electrons. The summed E-state index contributed by atoms with van der Waals surface area (Å²) in [7, 11) is 0. The molecule has 0 spiro atoms. The molecule has 118 valence electrons. The van der Waals surface area contributed by atoms with Gasteiger partial charge < -0.3 is 20.1 Å². The Labute approximate surface area is 134 Å². The van der Waals surface area contributed by atoms with Gasteiger partial charge in [-0.1, -0.05) is 12.1 Å². The van der Waals surface area contributed by atoms with Gasteiger partial charge in [0, 0.05) is 24.3 Å². The van der Waals surface area contributed by atoms with Crippen LogP contribution in [-0.4, -0.2) is 19.2 Å². The standard InChI is InChI=1S/C18H18N2O3/c21-18(14-3-1-5-15-13(14)4-2-8-19-15)20-10-12-6-7-16-17(9-12)23-11-22-16/h1,3,5-7,9,19H,2,4,8,10-11H2,(H,20,21). The fourth-order valence-corrected chi connectivity index (χ4v) is 3.05. The van der Waals surface area contributed by atoms with Gasteiger partial charge in [0.25, 0.3) is 5.91 Å². The van der Waals surface area contributed by atoms with Crippen molar-refractivity contribution in [2.75, 3.05) is 18.7 Å². The van der Waals surface area contributed by atoms with Crippen LogP contribution in [0.3, 0.4) is 0 Å². The molecule has 0 aromatic heterocycles. The zero-order valence-corrected chi connectivity index (χ0v) is 12.7. The first-order valence-electron chi connectivity index (χ1n) is 7.84. The molecule has 0 aliphatic carbocycles. The Morgan fingerprint density at radius 3 is 3.04 bits per heavy atom. The van der Waals surface area contributed by atoms with Gasteiger partial charge in [-0.05, 0) is 48.2 Å². The van der Waals surface area contributed by atoms with Crippen molar-refractivity contribution < 1.29 is 14.3 Å². The number of amides is 1. The van der Waals surface area contributed by atoms with E-state index < -0.39 is 0 Å². The Kier molecular flexibility index (Phi) is 3.54. The molecule has 0 bridgehead atoms. The molecule has 2 aliphatic rings. The summed E-state index contributed by atoms with van der Waals surface area (Å²) in [4.78, 5) is 12.5. The number of fused-ring (bicyclic) bond motifs is 2. The van der Waals surface area contributed by atoms with E-state index in [1.165, 1.54) is 0 Å². The average Bonchev–Trinajstić information content (AvgIpc) is 3.07. The smallest absolute Gasteiger partial charge is 0.251 e. The van der Waals surface area contributed by atoms with Gasteiger partial charge in [0.05, 0.1) is 0 Å². The number of benzene rings is 2. The van der Waals surface area contributed by atoms with Crippen molar-refractivity contribution >= 4 is 11.6 Å². The van der Waals surface area contributed by atoms with Crippen LogP contribution in [0.2, 0.25) is 0 Å². The maximum absolute atomic E-state index is 12.5. The molecule has 1 amide bonds. The molecule has 0 unspecified atom stereocenters. The maximum atomic E-state index is 12.5. The molecule has 0 fully saturated rings. The van der Waals surface area contributed by atoms with Crippen molar-refractivity contribution in [3.63, 3.8) is 0 Å². The molecule has 4 rings (SSSR count). The lowest BCUT2D eigenvalue weighted by Gasteiger charge is -2.20. The predicted molar refractivity (Wildman–Crippen MR) is 87.0 cm³/mol. The fraction of sp³-hybridized carbons (Fsp3) is 0.278. The Morgan fingerprint density at radius 1 is 1.17 bits per heavy atom. The van der Waals surface area contributed by atoms with Crippen molar-refractivity contribution in [1.29, 1.82) is 0 Å². The van der Waals surface area contributed by atoms with E-state index in [-0.39, 0.29) is 12.7 Å². The zero-order chi connectivity index (χ0) is 15.6. The molecule has 5 nitrogen and oxygen atoms in total. The summed E-state index contributed by atoms with van der Waals surface area (Å²) in [5.74, 6) is 1.45. The molecule has 0 saturated carbocycles. The van der Waals surface area contributed by atoms with E-state index in [0.29, 0.717) is 6.54 Å². The minimum absolute atomic E-state index is 0.0387. The van der Waals surface area contributed by atoms with Gasteiger partial charge in [0.1, 0.15) is 0 Å². The lowest BCUT2D eigenvalue weighted by atomic mass is 9.97. The summed E-state index contributed by atoms with van der Waals surface area (Å²) < 4.78 is 10.7. The molecule has 2 aromatic carbocycles. The summed E-state index contributed by atoms with van der Waals surface area (Å²) in [6, 6.07) is 11.6. The van der Waals surface area contributed by atoms with Crippen LogP contribution < -0.4 is 20.1 Å². The fourth-order valence-electron chi connectivity index (χ4n) is 3.05. The first kappa shape index (κ1) is 13.9. The van der Waals surface area contributed by atoms with Crippen LogP contribution in [0.5, 0.6) is 11.5 Å². The molecule has 0 atom stereocenters. The lowest BCUT2D eigenvalue weighted by Crippen LogP contribution is -2.25. The highest BCUT2D eigenvalue weighted by Crippen LogP contribution is 2.32. The number of rotatable bonds is 3. The van der Waals surface area contributed by atoms with E-state index in [2.05, 4.69) is 10.6 Å². The van der Waals surface area contributed by atoms with E-state index in [1.54, 1.807) is 0 Å². The van der Waals surface area contributed by atoms with E-state index >= 15 is 0 Å². The van der Waals surface area contributed by atoms with E-state index in [4.69, 9.17) is 9.47 Å². The summed E-state index contributed by atoms with van der Waals surface area (Å²) in [5.41, 5.74) is 3.94. The Bertz CT molecular complexity index is 758. The van der Waals surface area contributed by atoms with Crippen molar-refractivity contribution in [3.05, 3.63) is 53.1 Å². The van der Waals surface area contributed by atoms with Crippen LogP contribution in [0.1, 0.15) is 27.9 Å². The Hall–Kier alpha value is -2.69. The number of anilines is 1. The van der Waals surface area contributed by atoms with Gasteiger partial charge >= 0.3 is 0 Å². The molecule has 2 aliphatic heterocycles. The summed E-state index contributed by atoms with van der Waals surface area (Å²) in [5, 5.41) is 6.34. The van der Waals surface area contributed by atoms with Crippen LogP contribution in [0.25, 0.3) is 0 Å². The third-order valence-electron chi connectivity index (χ3n) is 4.23. The van der Waals surface area contributed by atoms with Crippen LogP contribution >= 0.6 is 0 Å². The third-order valence-corrected chi connectivity index (χ3v) is 4.23. The average molecular weight is 310 g/mol. The second-order valence-electron chi connectivity index (χ2n) is 5.73. The molecular weight excluding hydrogens is 292 g/mol. The van der Waals surface area contributed by atoms with Gasteiger partial charge in [-0.3, -0.25) is 4.79 Å². The minimum atomic E-state index is -0.0387.